The zero-order valence-corrected chi connectivity index (χ0v) is 13.6. The first-order chi connectivity index (χ1) is 10.7. The third-order valence-corrected chi connectivity index (χ3v) is 5.44. The van der Waals surface area contributed by atoms with Gasteiger partial charge in [-0.2, -0.15) is 0 Å². The van der Waals surface area contributed by atoms with E-state index in [1.54, 1.807) is 18.3 Å². The van der Waals surface area contributed by atoms with Crippen LogP contribution in [-0.4, -0.2) is 53.1 Å². The number of hydrogen-bond donors (Lipinski definition) is 0. The largest absolute Gasteiger partial charge is 0.460 e. The van der Waals surface area contributed by atoms with Crippen LogP contribution in [0.5, 0.6) is 0 Å². The number of carbonyl (C=O) groups excluding carboxylic acids is 2. The van der Waals surface area contributed by atoms with E-state index < -0.39 is 11.8 Å². The van der Waals surface area contributed by atoms with E-state index in [2.05, 4.69) is 10.2 Å². The molecule has 2 aliphatic rings. The fourth-order valence-electron chi connectivity index (χ4n) is 2.72. The molecule has 0 N–H and O–H groups in total. The van der Waals surface area contributed by atoms with Crippen molar-refractivity contribution in [1.29, 1.82) is 0 Å². The van der Waals surface area contributed by atoms with Gasteiger partial charge in [-0.05, 0) is 45.7 Å². The number of rotatable bonds is 6. The Balaban J connectivity index is 1.47. The summed E-state index contributed by atoms with van der Waals surface area (Å²) in [7, 11) is 0. The van der Waals surface area contributed by atoms with Crippen molar-refractivity contribution in [1.82, 2.24) is 15.1 Å². The highest BCUT2D eigenvalue weighted by molar-refractivity contribution is 7.11. The van der Waals surface area contributed by atoms with Gasteiger partial charge in [-0.1, -0.05) is 0 Å². The van der Waals surface area contributed by atoms with Gasteiger partial charge < -0.3 is 4.74 Å². The number of carbonyl (C=O) groups is 2. The number of Topliss-reactive ketones (excluding diaryl/α,β-unsaturated/α-hetero) is 1. The van der Waals surface area contributed by atoms with E-state index >= 15 is 0 Å². The summed E-state index contributed by atoms with van der Waals surface area (Å²) in [5, 5.41) is 11.0. The lowest BCUT2D eigenvalue weighted by molar-refractivity contribution is -0.154. The van der Waals surface area contributed by atoms with E-state index in [9.17, 15) is 9.59 Å². The highest BCUT2D eigenvalue weighted by Crippen LogP contribution is 2.42. The Kier molecular flexibility index (Phi) is 4.83. The third-order valence-electron chi connectivity index (χ3n) is 4.19. The van der Waals surface area contributed by atoms with Crippen LogP contribution in [0.1, 0.15) is 54.5 Å². The number of hydrogen-bond acceptors (Lipinski definition) is 7. The van der Waals surface area contributed by atoms with Gasteiger partial charge in [-0.25, -0.2) is 4.79 Å². The number of ether oxygens (including phenoxy) is 1. The molecule has 2 heterocycles. The molecule has 1 aliphatic carbocycles. The topological polar surface area (TPSA) is 72.4 Å². The SMILES string of the molecule is CCOC(=O)C(=O)CN1CCC(c2nnc(C3CC3)s2)CC1. The summed E-state index contributed by atoms with van der Waals surface area (Å²) in [4.78, 5) is 25.1. The van der Waals surface area contributed by atoms with Crippen LogP contribution >= 0.6 is 11.3 Å². The highest BCUT2D eigenvalue weighted by Gasteiger charge is 2.30. The average molecular weight is 323 g/mol. The van der Waals surface area contributed by atoms with Crippen molar-refractivity contribution in [2.24, 2.45) is 0 Å². The number of ketones is 1. The Morgan fingerprint density at radius 2 is 1.73 bits per heavy atom. The lowest BCUT2D eigenvalue weighted by atomic mass is 9.97. The molecule has 0 spiro atoms. The molecule has 0 atom stereocenters. The van der Waals surface area contributed by atoms with Gasteiger partial charge >= 0.3 is 5.97 Å². The molecule has 0 unspecified atom stereocenters. The monoisotopic (exact) mass is 323 g/mol. The lowest BCUT2D eigenvalue weighted by Gasteiger charge is -2.29. The average Bonchev–Trinajstić information content (AvgIpc) is 3.26. The molecule has 0 aromatic carbocycles. The van der Waals surface area contributed by atoms with E-state index in [4.69, 9.17) is 4.74 Å². The molecule has 22 heavy (non-hydrogen) atoms. The van der Waals surface area contributed by atoms with Crippen molar-refractivity contribution in [2.75, 3.05) is 26.2 Å². The Hall–Kier alpha value is -1.34. The summed E-state index contributed by atoms with van der Waals surface area (Å²) in [6.45, 7) is 3.74. The first-order valence-corrected chi connectivity index (χ1v) is 8.74. The Bertz CT molecular complexity index is 548. The van der Waals surface area contributed by atoms with Crippen LogP contribution in [0.3, 0.4) is 0 Å². The van der Waals surface area contributed by atoms with Crippen LogP contribution in [0.25, 0.3) is 0 Å². The summed E-state index contributed by atoms with van der Waals surface area (Å²) in [6, 6.07) is 0. The normalized spacial score (nSPS) is 20.0. The summed E-state index contributed by atoms with van der Waals surface area (Å²) < 4.78 is 4.73. The molecule has 1 aromatic rings. The van der Waals surface area contributed by atoms with E-state index in [0.29, 0.717) is 11.8 Å². The van der Waals surface area contributed by atoms with Crippen LogP contribution in [-0.2, 0) is 14.3 Å². The highest BCUT2D eigenvalue weighted by atomic mass is 32.1. The maximum absolute atomic E-state index is 11.7. The van der Waals surface area contributed by atoms with Gasteiger partial charge in [0.2, 0.25) is 0 Å². The molecule has 0 radical (unpaired) electrons. The van der Waals surface area contributed by atoms with Crippen molar-refractivity contribution < 1.29 is 14.3 Å². The number of nitrogens with zero attached hydrogens (tertiary/aromatic N) is 3. The molecule has 0 amide bonds. The summed E-state index contributed by atoms with van der Waals surface area (Å²) in [6.07, 6.45) is 4.44. The van der Waals surface area contributed by atoms with Crippen molar-refractivity contribution >= 4 is 23.1 Å². The Morgan fingerprint density at radius 1 is 1.14 bits per heavy atom. The molecule has 7 heteroatoms. The standard InChI is InChI=1S/C15H21N3O3S/c1-2-21-15(20)12(19)9-18-7-5-11(6-8-18)14-17-16-13(22-14)10-3-4-10/h10-11H,2-9H2,1H3. The minimum Gasteiger partial charge on any atom is -0.460 e. The second-order valence-corrected chi connectivity index (χ2v) is 6.99. The molecule has 2 fully saturated rings. The quantitative estimate of drug-likeness (QED) is 0.586. The van der Waals surface area contributed by atoms with E-state index in [1.165, 1.54) is 17.8 Å². The van der Waals surface area contributed by atoms with Gasteiger partial charge in [-0.3, -0.25) is 9.69 Å². The van der Waals surface area contributed by atoms with Gasteiger partial charge in [0.05, 0.1) is 13.2 Å². The molecule has 1 aromatic heterocycles. The first-order valence-electron chi connectivity index (χ1n) is 7.93. The van der Waals surface area contributed by atoms with Gasteiger partial charge in [0.25, 0.3) is 5.78 Å². The van der Waals surface area contributed by atoms with E-state index in [-0.39, 0.29) is 13.2 Å². The van der Waals surface area contributed by atoms with E-state index in [0.717, 1.165) is 30.9 Å². The summed E-state index contributed by atoms with van der Waals surface area (Å²) in [5.74, 6) is -0.0671. The predicted octanol–water partition coefficient (Wildman–Crippen LogP) is 1.73. The molecular formula is C15H21N3O3S. The minimum atomic E-state index is -0.720. The Morgan fingerprint density at radius 3 is 2.27 bits per heavy atom. The molecule has 1 saturated heterocycles. The van der Waals surface area contributed by atoms with Crippen LogP contribution in [0, 0.1) is 0 Å². The summed E-state index contributed by atoms with van der Waals surface area (Å²) in [5.41, 5.74) is 0. The zero-order valence-electron chi connectivity index (χ0n) is 12.8. The molecule has 3 rings (SSSR count). The van der Waals surface area contributed by atoms with Crippen LogP contribution in [0.2, 0.25) is 0 Å². The molecule has 120 valence electrons. The second kappa shape index (κ2) is 6.83. The van der Waals surface area contributed by atoms with Gasteiger partial charge in [0.15, 0.2) is 0 Å². The lowest BCUT2D eigenvalue weighted by Crippen LogP contribution is -2.39. The predicted molar refractivity (Wildman–Crippen MR) is 81.9 cm³/mol. The minimum absolute atomic E-state index is 0.162. The molecule has 1 saturated carbocycles. The van der Waals surface area contributed by atoms with Gasteiger partial charge in [-0.15, -0.1) is 21.5 Å². The number of esters is 1. The molecular weight excluding hydrogens is 302 g/mol. The fourth-order valence-corrected chi connectivity index (χ4v) is 3.91. The molecule has 1 aliphatic heterocycles. The smallest absolute Gasteiger partial charge is 0.375 e. The number of likely N-dealkylation sites (tertiary alicyclic amines) is 1. The summed E-state index contributed by atoms with van der Waals surface area (Å²) >= 11 is 1.75. The van der Waals surface area contributed by atoms with Crippen molar-refractivity contribution in [3.05, 3.63) is 10.0 Å². The van der Waals surface area contributed by atoms with Crippen molar-refractivity contribution in [3.63, 3.8) is 0 Å². The second-order valence-electron chi connectivity index (χ2n) is 5.95. The van der Waals surface area contributed by atoms with Crippen LogP contribution in [0.4, 0.5) is 0 Å². The van der Waals surface area contributed by atoms with Crippen LogP contribution in [0.15, 0.2) is 0 Å². The molecule has 0 bridgehead atoms. The first kappa shape index (κ1) is 15.6. The maximum atomic E-state index is 11.7. The van der Waals surface area contributed by atoms with Gasteiger partial charge in [0.1, 0.15) is 10.0 Å². The number of piperidine rings is 1. The van der Waals surface area contributed by atoms with Crippen LogP contribution < -0.4 is 0 Å². The fraction of sp³-hybridized carbons (Fsp3) is 0.733. The Labute approximate surface area is 133 Å². The number of aromatic nitrogens is 2. The third kappa shape index (κ3) is 3.70. The zero-order chi connectivity index (χ0) is 15.5. The van der Waals surface area contributed by atoms with Crippen molar-refractivity contribution in [2.45, 2.75) is 44.4 Å². The molecule has 6 nitrogen and oxygen atoms in total. The van der Waals surface area contributed by atoms with E-state index in [1.807, 2.05) is 4.90 Å². The van der Waals surface area contributed by atoms with Crippen molar-refractivity contribution in [3.8, 4) is 0 Å². The van der Waals surface area contributed by atoms with Gasteiger partial charge in [0, 0.05) is 11.8 Å². The maximum Gasteiger partial charge on any atom is 0.375 e.